The third-order valence-electron chi connectivity index (χ3n) is 6.73. The van der Waals surface area contributed by atoms with Crippen molar-refractivity contribution in [3.8, 4) is 17.0 Å². The van der Waals surface area contributed by atoms with Gasteiger partial charge in [0, 0.05) is 6.54 Å². The summed E-state index contributed by atoms with van der Waals surface area (Å²) in [5, 5.41) is 14.8. The molecule has 2 saturated heterocycles. The van der Waals surface area contributed by atoms with Gasteiger partial charge in [-0.05, 0) is 24.1 Å². The van der Waals surface area contributed by atoms with Crippen molar-refractivity contribution in [2.45, 2.75) is 30.9 Å². The molecule has 2 fully saturated rings. The zero-order valence-corrected chi connectivity index (χ0v) is 19.8. The van der Waals surface area contributed by atoms with Crippen LogP contribution in [0.4, 0.5) is 23.5 Å². The van der Waals surface area contributed by atoms with Crippen molar-refractivity contribution in [1.82, 2.24) is 34.5 Å². The maximum atomic E-state index is 15.3. The number of methoxy groups -OCH3 is 1. The molecule has 4 aromatic rings. The second-order valence-electron chi connectivity index (χ2n) is 9.02. The molecule has 0 bridgehead atoms. The van der Waals surface area contributed by atoms with E-state index in [0.717, 1.165) is 6.20 Å². The fourth-order valence-electron chi connectivity index (χ4n) is 4.78. The van der Waals surface area contributed by atoms with Gasteiger partial charge in [0.2, 0.25) is 11.8 Å². The van der Waals surface area contributed by atoms with Gasteiger partial charge in [-0.1, -0.05) is 11.3 Å². The number of benzene rings is 1. The van der Waals surface area contributed by atoms with Crippen LogP contribution in [0.5, 0.6) is 5.88 Å². The van der Waals surface area contributed by atoms with Crippen LogP contribution in [0.3, 0.4) is 0 Å². The summed E-state index contributed by atoms with van der Waals surface area (Å²) < 4.78 is 79.6. The highest BCUT2D eigenvalue weighted by molar-refractivity contribution is 5.89. The molecule has 14 heteroatoms. The number of fused-ring (bicyclic) bond motifs is 2. The van der Waals surface area contributed by atoms with Crippen molar-refractivity contribution in [3.63, 3.8) is 0 Å². The number of ether oxygens (including phenoxy) is 2. The van der Waals surface area contributed by atoms with E-state index in [1.165, 1.54) is 21.2 Å². The van der Waals surface area contributed by atoms with Crippen LogP contribution in [0.1, 0.15) is 7.79 Å². The Hall–Kier alpha value is -3.52. The smallest absolute Gasteiger partial charge is 0.280 e. The van der Waals surface area contributed by atoms with Crippen LogP contribution >= 0.6 is 0 Å². The van der Waals surface area contributed by atoms with Gasteiger partial charge in [-0.25, -0.2) is 26.8 Å². The number of alkyl halides is 3. The van der Waals surface area contributed by atoms with E-state index in [4.69, 9.17) is 10.8 Å². The number of nitrogens with one attached hydrogen (secondary N) is 1. The van der Waals surface area contributed by atoms with Crippen LogP contribution in [-0.4, -0.2) is 92.6 Å². The Labute approximate surface area is 209 Å². The normalized spacial score (nSPS) is 21.6. The number of halogens is 4. The molecule has 37 heavy (non-hydrogen) atoms. The Morgan fingerprint density at radius 3 is 2.86 bits per heavy atom. The first-order valence-corrected chi connectivity index (χ1v) is 11.7. The van der Waals surface area contributed by atoms with E-state index in [-0.39, 0.29) is 55.6 Å². The van der Waals surface area contributed by atoms with Crippen LogP contribution in [0.15, 0.2) is 24.4 Å². The number of rotatable bonds is 7. The molecule has 0 radical (unpaired) electrons. The van der Waals surface area contributed by atoms with Crippen molar-refractivity contribution >= 4 is 22.5 Å². The molecule has 3 aromatic heterocycles. The molecule has 1 N–H and O–H groups in total. The molecule has 6 rings (SSSR count). The summed E-state index contributed by atoms with van der Waals surface area (Å²) in [5.41, 5.74) is 1.81. The largest absolute Gasteiger partial charge is 0.479 e. The minimum atomic E-state index is -3.17. The van der Waals surface area contributed by atoms with Gasteiger partial charge in [-0.3, -0.25) is 4.90 Å². The van der Waals surface area contributed by atoms with E-state index in [1.54, 1.807) is 18.2 Å². The van der Waals surface area contributed by atoms with Crippen molar-refractivity contribution < 1.29 is 28.4 Å². The molecule has 0 saturated carbocycles. The SMILES string of the molecule is [2H]C1(N2CC[C@@H](Nc3nc(OC)c4c(-c5ccc6nnn(CCF)c6c5)c(F)cn4n3)C(F)(F)C2)COC1. The molecule has 2 aliphatic heterocycles. The number of hydrogen-bond acceptors (Lipinski definition) is 8. The molecular weight excluding hydrogens is 496 g/mol. The number of anilines is 1. The first-order chi connectivity index (χ1) is 18.2. The summed E-state index contributed by atoms with van der Waals surface area (Å²) in [7, 11) is 1.34. The summed E-state index contributed by atoms with van der Waals surface area (Å²) >= 11 is 0. The molecule has 10 nitrogen and oxygen atoms in total. The molecule has 0 unspecified atom stereocenters. The predicted molar refractivity (Wildman–Crippen MR) is 125 cm³/mol. The van der Waals surface area contributed by atoms with Crippen molar-refractivity contribution in [2.24, 2.45) is 0 Å². The van der Waals surface area contributed by atoms with Crippen molar-refractivity contribution in [1.29, 1.82) is 0 Å². The standard InChI is InChI=1S/C23H24F4N8O2/c1-36-21-20-19(13-2-3-16-17(8-13)34(7-5-24)32-30-16)15(25)9-35(20)31-22(29-21)28-18-4-6-33(12-23(18,26)27)14-10-37-11-14/h2-3,8-9,14,18H,4-7,10-12H2,1H3,(H,28,31)/t18-/m1/s1/i14D. The number of aromatic nitrogens is 6. The molecule has 196 valence electrons. The molecule has 2 aliphatic rings. The number of aryl methyl sites for hydroxylation is 1. The van der Waals surface area contributed by atoms with Gasteiger partial charge >= 0.3 is 0 Å². The van der Waals surface area contributed by atoms with E-state index in [1.807, 2.05) is 0 Å². The highest BCUT2D eigenvalue weighted by atomic mass is 19.3. The molecule has 1 aromatic carbocycles. The van der Waals surface area contributed by atoms with E-state index in [0.29, 0.717) is 16.6 Å². The van der Waals surface area contributed by atoms with Gasteiger partial charge in [0.25, 0.3) is 5.92 Å². The Morgan fingerprint density at radius 1 is 1.32 bits per heavy atom. The van der Waals surface area contributed by atoms with Gasteiger partial charge in [0.05, 0.1) is 64.1 Å². The molecule has 5 heterocycles. The second-order valence-corrected chi connectivity index (χ2v) is 9.02. The minimum absolute atomic E-state index is 0.000518. The monoisotopic (exact) mass is 521 g/mol. The van der Waals surface area contributed by atoms with Gasteiger partial charge in [0.15, 0.2) is 5.82 Å². The Balaban J connectivity index is 1.33. The van der Waals surface area contributed by atoms with Crippen LogP contribution in [0, 0.1) is 5.82 Å². The summed E-state index contributed by atoms with van der Waals surface area (Å²) in [6.45, 7) is -0.767. The van der Waals surface area contributed by atoms with Crippen molar-refractivity contribution in [3.05, 3.63) is 30.2 Å². The Morgan fingerprint density at radius 2 is 2.16 bits per heavy atom. The lowest BCUT2D eigenvalue weighted by atomic mass is 9.98. The molecule has 0 spiro atoms. The lowest BCUT2D eigenvalue weighted by molar-refractivity contribution is -0.131. The maximum Gasteiger partial charge on any atom is 0.280 e. The van der Waals surface area contributed by atoms with E-state index in [2.05, 4.69) is 25.7 Å². The van der Waals surface area contributed by atoms with Gasteiger partial charge in [-0.15, -0.1) is 10.2 Å². The quantitative estimate of drug-likeness (QED) is 0.371. The van der Waals surface area contributed by atoms with E-state index in [9.17, 15) is 4.39 Å². The van der Waals surface area contributed by atoms with Gasteiger partial charge in [-0.2, -0.15) is 4.98 Å². The van der Waals surface area contributed by atoms with Gasteiger partial charge in [0.1, 0.15) is 17.7 Å². The van der Waals surface area contributed by atoms with Crippen LogP contribution in [0.2, 0.25) is 0 Å². The first kappa shape index (κ1) is 22.7. The highest BCUT2D eigenvalue weighted by Gasteiger charge is 2.47. The highest BCUT2D eigenvalue weighted by Crippen LogP contribution is 2.36. The van der Waals surface area contributed by atoms with Crippen LogP contribution < -0.4 is 10.1 Å². The van der Waals surface area contributed by atoms with Crippen molar-refractivity contribution in [2.75, 3.05) is 45.4 Å². The Bertz CT molecular complexity index is 1510. The maximum absolute atomic E-state index is 15.3. The topological polar surface area (TPSA) is 94.6 Å². The lowest BCUT2D eigenvalue weighted by Gasteiger charge is -2.44. The molecule has 0 aliphatic carbocycles. The third kappa shape index (κ3) is 4.13. The summed E-state index contributed by atoms with van der Waals surface area (Å²) in [5.74, 6) is -3.98. The molecular formula is C23H24F4N8O2. The lowest BCUT2D eigenvalue weighted by Crippen LogP contribution is -2.61. The Kier molecular flexibility index (Phi) is 5.57. The number of hydrogen-bond donors (Lipinski definition) is 1. The number of piperidine rings is 1. The molecule has 1 atom stereocenters. The average Bonchev–Trinajstić information content (AvgIpc) is 3.42. The fraction of sp³-hybridized carbons (Fsp3) is 0.478. The minimum Gasteiger partial charge on any atom is -0.479 e. The average molecular weight is 521 g/mol. The van der Waals surface area contributed by atoms with E-state index >= 15 is 13.2 Å². The summed E-state index contributed by atoms with van der Waals surface area (Å²) in [6.07, 6.45) is 1.16. The fourth-order valence-corrected chi connectivity index (χ4v) is 4.78. The summed E-state index contributed by atoms with van der Waals surface area (Å²) in [6, 6.07) is 2.49. The van der Waals surface area contributed by atoms with Crippen LogP contribution in [-0.2, 0) is 11.3 Å². The second kappa shape index (κ2) is 9.10. The number of nitrogens with zero attached hydrogens (tertiary/aromatic N) is 7. The summed E-state index contributed by atoms with van der Waals surface area (Å²) in [4.78, 5) is 5.69. The zero-order valence-electron chi connectivity index (χ0n) is 20.8. The third-order valence-corrected chi connectivity index (χ3v) is 6.73. The van der Waals surface area contributed by atoms with Gasteiger partial charge < -0.3 is 14.8 Å². The zero-order chi connectivity index (χ0) is 26.7. The molecule has 0 amide bonds. The first-order valence-electron chi connectivity index (χ1n) is 12.2. The van der Waals surface area contributed by atoms with E-state index < -0.39 is 37.0 Å². The predicted octanol–water partition coefficient (Wildman–Crippen LogP) is 2.78. The van der Waals surface area contributed by atoms with Crippen LogP contribution in [0.25, 0.3) is 27.7 Å². The number of likely N-dealkylation sites (tertiary alicyclic amines) is 1.